The third kappa shape index (κ3) is 2.23. The van der Waals surface area contributed by atoms with Crippen molar-refractivity contribution in [3.63, 3.8) is 0 Å². The lowest BCUT2D eigenvalue weighted by atomic mass is 10.2. The molecule has 2 aromatic rings. The predicted octanol–water partition coefficient (Wildman–Crippen LogP) is 1.99. The van der Waals surface area contributed by atoms with Gasteiger partial charge in [-0.05, 0) is 30.8 Å². The van der Waals surface area contributed by atoms with Crippen molar-refractivity contribution in [1.29, 1.82) is 0 Å². The second kappa shape index (κ2) is 4.70. The topological polar surface area (TPSA) is 59.0 Å². The maximum Gasteiger partial charge on any atom is 0.220 e. The minimum absolute atomic E-state index is 0.123. The smallest absolute Gasteiger partial charge is 0.220 e. The number of imidazole rings is 1. The van der Waals surface area contributed by atoms with Crippen LogP contribution in [0.15, 0.2) is 18.2 Å². The van der Waals surface area contributed by atoms with Crippen molar-refractivity contribution in [2.75, 3.05) is 7.11 Å². The fourth-order valence-corrected chi connectivity index (χ4v) is 2.77. The number of nitrogens with one attached hydrogen (secondary N) is 2. The van der Waals surface area contributed by atoms with Gasteiger partial charge in [0.15, 0.2) is 4.77 Å². The van der Waals surface area contributed by atoms with Crippen LogP contribution < -0.4 is 10.1 Å². The van der Waals surface area contributed by atoms with Crippen molar-refractivity contribution in [2.24, 2.45) is 0 Å². The fourth-order valence-electron chi connectivity index (χ4n) is 2.49. The second-order valence-electron chi connectivity index (χ2n) is 4.73. The number of rotatable bonds is 3. The number of H-pyrrole nitrogens is 1. The Morgan fingerprint density at radius 1 is 1.53 bits per heavy atom. The van der Waals surface area contributed by atoms with Crippen molar-refractivity contribution >= 4 is 29.2 Å². The van der Waals surface area contributed by atoms with Gasteiger partial charge in [-0.15, -0.1) is 0 Å². The third-order valence-corrected chi connectivity index (χ3v) is 3.79. The van der Waals surface area contributed by atoms with Crippen LogP contribution in [-0.2, 0) is 11.3 Å². The standard InChI is InChI=1S/C13H15N3O2S/c1-18-9-3-4-11-10(6-9)15-13(19)16(11)7-8-2-5-12(17)14-8/h3-4,6,8H,2,5,7H2,1H3,(H,14,17)(H,15,19). The van der Waals surface area contributed by atoms with E-state index in [2.05, 4.69) is 10.3 Å². The Bertz CT molecular complexity index is 689. The van der Waals surface area contributed by atoms with E-state index in [4.69, 9.17) is 17.0 Å². The van der Waals surface area contributed by atoms with E-state index in [1.807, 2.05) is 22.8 Å². The summed E-state index contributed by atoms with van der Waals surface area (Å²) in [4.78, 5) is 14.4. The summed E-state index contributed by atoms with van der Waals surface area (Å²) in [6.07, 6.45) is 1.47. The lowest BCUT2D eigenvalue weighted by Crippen LogP contribution is -2.29. The molecule has 6 heteroatoms. The largest absolute Gasteiger partial charge is 0.497 e. The zero-order valence-electron chi connectivity index (χ0n) is 10.6. The van der Waals surface area contributed by atoms with Gasteiger partial charge in [-0.25, -0.2) is 0 Å². The summed E-state index contributed by atoms with van der Waals surface area (Å²) < 4.78 is 7.90. The predicted molar refractivity (Wildman–Crippen MR) is 74.8 cm³/mol. The van der Waals surface area contributed by atoms with E-state index in [-0.39, 0.29) is 11.9 Å². The Morgan fingerprint density at radius 2 is 2.37 bits per heavy atom. The van der Waals surface area contributed by atoms with Gasteiger partial charge in [0.25, 0.3) is 0 Å². The summed E-state index contributed by atoms with van der Waals surface area (Å²) in [5.41, 5.74) is 1.99. The summed E-state index contributed by atoms with van der Waals surface area (Å²) in [5.74, 6) is 0.920. The molecule has 1 atom stereocenters. The van der Waals surface area contributed by atoms with Gasteiger partial charge in [0.05, 0.1) is 18.1 Å². The number of fused-ring (bicyclic) bond motifs is 1. The SMILES string of the molecule is COc1ccc2c(c1)[nH]c(=S)n2CC1CCC(=O)N1. The molecule has 2 N–H and O–H groups in total. The van der Waals surface area contributed by atoms with Gasteiger partial charge in [-0.1, -0.05) is 0 Å². The number of hydrogen-bond acceptors (Lipinski definition) is 3. The molecular formula is C13H15N3O2S. The molecule has 1 amide bonds. The molecule has 1 aliphatic heterocycles. The van der Waals surface area contributed by atoms with Crippen LogP contribution in [-0.4, -0.2) is 28.6 Å². The molecule has 3 rings (SSSR count). The van der Waals surface area contributed by atoms with Crippen molar-refractivity contribution in [2.45, 2.75) is 25.4 Å². The number of amides is 1. The number of aromatic amines is 1. The molecule has 0 bridgehead atoms. The molecule has 1 fully saturated rings. The number of carbonyl (C=O) groups is 1. The number of nitrogens with zero attached hydrogens (tertiary/aromatic N) is 1. The van der Waals surface area contributed by atoms with E-state index in [0.29, 0.717) is 17.7 Å². The molecular weight excluding hydrogens is 262 g/mol. The monoisotopic (exact) mass is 277 g/mol. The Hall–Kier alpha value is -1.82. The molecule has 5 nitrogen and oxygen atoms in total. The van der Waals surface area contributed by atoms with Crippen LogP contribution in [0.25, 0.3) is 11.0 Å². The van der Waals surface area contributed by atoms with Gasteiger partial charge in [-0.2, -0.15) is 0 Å². The first-order chi connectivity index (χ1) is 9.17. The Kier molecular flexibility index (Phi) is 3.02. The maximum atomic E-state index is 11.2. The highest BCUT2D eigenvalue weighted by Crippen LogP contribution is 2.21. The lowest BCUT2D eigenvalue weighted by molar-refractivity contribution is -0.119. The van der Waals surface area contributed by atoms with E-state index in [1.54, 1.807) is 7.11 Å². The first-order valence-corrected chi connectivity index (χ1v) is 6.64. The maximum absolute atomic E-state index is 11.2. The highest BCUT2D eigenvalue weighted by Gasteiger charge is 2.21. The number of hydrogen-bond donors (Lipinski definition) is 2. The van der Waals surface area contributed by atoms with E-state index >= 15 is 0 Å². The molecule has 0 saturated carbocycles. The van der Waals surface area contributed by atoms with Crippen LogP contribution in [0.1, 0.15) is 12.8 Å². The lowest BCUT2D eigenvalue weighted by Gasteiger charge is -2.11. The zero-order valence-corrected chi connectivity index (χ0v) is 11.4. The molecule has 1 saturated heterocycles. The molecule has 1 aromatic heterocycles. The van der Waals surface area contributed by atoms with E-state index < -0.39 is 0 Å². The molecule has 0 spiro atoms. The molecule has 1 aromatic carbocycles. The van der Waals surface area contributed by atoms with Gasteiger partial charge in [0.1, 0.15) is 5.75 Å². The number of methoxy groups -OCH3 is 1. The van der Waals surface area contributed by atoms with Gasteiger partial charge >= 0.3 is 0 Å². The first kappa shape index (κ1) is 12.2. The van der Waals surface area contributed by atoms with Gasteiger partial charge in [0, 0.05) is 25.1 Å². The van der Waals surface area contributed by atoms with E-state index in [9.17, 15) is 4.79 Å². The van der Waals surface area contributed by atoms with Crippen LogP contribution in [0.3, 0.4) is 0 Å². The van der Waals surface area contributed by atoms with Crippen molar-refractivity contribution < 1.29 is 9.53 Å². The van der Waals surface area contributed by atoms with Crippen molar-refractivity contribution in [3.05, 3.63) is 23.0 Å². The highest BCUT2D eigenvalue weighted by molar-refractivity contribution is 7.71. The average molecular weight is 277 g/mol. The first-order valence-electron chi connectivity index (χ1n) is 6.23. The van der Waals surface area contributed by atoms with Gasteiger partial charge in [0.2, 0.25) is 5.91 Å². The normalized spacial score (nSPS) is 18.8. The molecule has 2 heterocycles. The number of ether oxygens (including phenoxy) is 1. The fraction of sp³-hybridized carbons (Fsp3) is 0.385. The second-order valence-corrected chi connectivity index (χ2v) is 5.11. The number of carbonyl (C=O) groups excluding carboxylic acids is 1. The minimum Gasteiger partial charge on any atom is -0.497 e. The highest BCUT2D eigenvalue weighted by atomic mass is 32.1. The van der Waals surface area contributed by atoms with Gasteiger partial charge in [-0.3, -0.25) is 4.79 Å². The summed E-state index contributed by atoms with van der Waals surface area (Å²) in [6, 6.07) is 5.99. The summed E-state index contributed by atoms with van der Waals surface area (Å²) in [7, 11) is 1.64. The van der Waals surface area contributed by atoms with Crippen LogP contribution in [0.5, 0.6) is 5.75 Å². The average Bonchev–Trinajstić information content (AvgIpc) is 2.94. The summed E-state index contributed by atoms with van der Waals surface area (Å²) in [6.45, 7) is 0.705. The zero-order chi connectivity index (χ0) is 13.4. The van der Waals surface area contributed by atoms with Crippen LogP contribution in [0, 0.1) is 4.77 Å². The Labute approximate surface area is 115 Å². The Balaban J connectivity index is 1.96. The van der Waals surface area contributed by atoms with Crippen LogP contribution in [0.2, 0.25) is 0 Å². The van der Waals surface area contributed by atoms with Crippen LogP contribution >= 0.6 is 12.2 Å². The quantitative estimate of drug-likeness (QED) is 0.843. The summed E-state index contributed by atoms with van der Waals surface area (Å²) in [5, 5.41) is 2.96. The van der Waals surface area contributed by atoms with E-state index in [0.717, 1.165) is 23.2 Å². The molecule has 1 unspecified atom stereocenters. The molecule has 0 radical (unpaired) electrons. The third-order valence-electron chi connectivity index (χ3n) is 3.47. The molecule has 0 aliphatic carbocycles. The van der Waals surface area contributed by atoms with Crippen molar-refractivity contribution in [3.8, 4) is 5.75 Å². The van der Waals surface area contributed by atoms with E-state index in [1.165, 1.54) is 0 Å². The number of aromatic nitrogens is 2. The molecule has 1 aliphatic rings. The minimum atomic E-state index is 0.123. The molecule has 19 heavy (non-hydrogen) atoms. The van der Waals surface area contributed by atoms with Crippen molar-refractivity contribution in [1.82, 2.24) is 14.9 Å². The Morgan fingerprint density at radius 3 is 3.05 bits per heavy atom. The summed E-state index contributed by atoms with van der Waals surface area (Å²) >= 11 is 5.35. The number of benzene rings is 1. The van der Waals surface area contributed by atoms with Crippen LogP contribution in [0.4, 0.5) is 0 Å². The molecule has 100 valence electrons. The van der Waals surface area contributed by atoms with Gasteiger partial charge < -0.3 is 19.6 Å².